The molecule has 0 radical (unpaired) electrons. The van der Waals surface area contributed by atoms with Crippen LogP contribution >= 0.6 is 11.6 Å². The number of methoxy groups -OCH3 is 1. The third-order valence-corrected chi connectivity index (χ3v) is 2.90. The number of benzene rings is 1. The second kappa shape index (κ2) is 5.15. The van der Waals surface area contributed by atoms with Gasteiger partial charge in [-0.2, -0.15) is 0 Å². The van der Waals surface area contributed by atoms with Crippen molar-refractivity contribution >= 4 is 17.3 Å². The largest absolute Gasteiger partial charge is 0.495 e. The van der Waals surface area contributed by atoms with Gasteiger partial charge in [-0.25, -0.2) is 0 Å². The first kappa shape index (κ1) is 14.1. The van der Waals surface area contributed by atoms with Gasteiger partial charge in [0.2, 0.25) is 0 Å². The molecule has 0 saturated heterocycles. The van der Waals surface area contributed by atoms with Gasteiger partial charge < -0.3 is 14.7 Å². The predicted molar refractivity (Wildman–Crippen MR) is 72.3 cm³/mol. The summed E-state index contributed by atoms with van der Waals surface area (Å²) in [5, 5.41) is 10.5. The average molecular weight is 258 g/mol. The number of hydrogen-bond acceptors (Lipinski definition) is 3. The monoisotopic (exact) mass is 257 g/mol. The third-order valence-electron chi connectivity index (χ3n) is 2.50. The van der Waals surface area contributed by atoms with Crippen molar-refractivity contribution in [1.82, 2.24) is 0 Å². The van der Waals surface area contributed by atoms with Gasteiger partial charge in [0.1, 0.15) is 5.75 Å². The zero-order valence-electron chi connectivity index (χ0n) is 11.0. The van der Waals surface area contributed by atoms with Crippen LogP contribution in [0, 0.1) is 6.92 Å². The molecule has 0 atom stereocenters. The maximum absolute atomic E-state index is 9.82. The van der Waals surface area contributed by atoms with E-state index in [2.05, 4.69) is 0 Å². The van der Waals surface area contributed by atoms with Crippen LogP contribution in [0.2, 0.25) is 5.02 Å². The molecule has 17 heavy (non-hydrogen) atoms. The van der Waals surface area contributed by atoms with E-state index in [1.165, 1.54) is 0 Å². The molecule has 0 aliphatic carbocycles. The van der Waals surface area contributed by atoms with Gasteiger partial charge in [0.25, 0.3) is 0 Å². The Bertz CT molecular complexity index is 399. The molecule has 0 heterocycles. The Morgan fingerprint density at radius 3 is 2.47 bits per heavy atom. The zero-order valence-corrected chi connectivity index (χ0v) is 11.8. The molecule has 3 nitrogen and oxygen atoms in total. The van der Waals surface area contributed by atoms with Gasteiger partial charge >= 0.3 is 0 Å². The Kier molecular flexibility index (Phi) is 4.28. The maximum Gasteiger partial charge on any atom is 0.142 e. The van der Waals surface area contributed by atoms with E-state index in [1.54, 1.807) is 21.0 Å². The molecule has 0 aliphatic rings. The summed E-state index contributed by atoms with van der Waals surface area (Å²) in [6.07, 6.45) is 0. The lowest BCUT2D eigenvalue weighted by atomic mass is 10.1. The van der Waals surface area contributed by atoms with Gasteiger partial charge in [-0.1, -0.05) is 11.6 Å². The van der Waals surface area contributed by atoms with E-state index in [9.17, 15) is 5.11 Å². The highest BCUT2D eigenvalue weighted by Gasteiger charge is 2.19. The number of halogens is 1. The first-order chi connectivity index (χ1) is 7.74. The SMILES string of the molecule is COc1cc(C)c(Cl)cc1N(C)CC(C)(C)O. The molecule has 96 valence electrons. The number of ether oxygens (including phenoxy) is 1. The Labute approximate surface area is 108 Å². The van der Waals surface area contributed by atoms with Crippen molar-refractivity contribution in [3.8, 4) is 5.75 Å². The van der Waals surface area contributed by atoms with E-state index in [0.717, 1.165) is 17.0 Å². The number of likely N-dealkylation sites (N-methyl/N-ethyl adjacent to an activating group) is 1. The molecule has 0 unspecified atom stereocenters. The molecular formula is C13H20ClNO2. The summed E-state index contributed by atoms with van der Waals surface area (Å²) in [4.78, 5) is 1.93. The summed E-state index contributed by atoms with van der Waals surface area (Å²) >= 11 is 6.11. The highest BCUT2D eigenvalue weighted by molar-refractivity contribution is 6.31. The fourth-order valence-corrected chi connectivity index (χ4v) is 1.93. The van der Waals surface area contributed by atoms with Crippen molar-refractivity contribution < 1.29 is 9.84 Å². The molecule has 0 bridgehead atoms. The molecular weight excluding hydrogens is 238 g/mol. The summed E-state index contributed by atoms with van der Waals surface area (Å²) in [5.41, 5.74) is 1.09. The highest BCUT2D eigenvalue weighted by Crippen LogP contribution is 2.33. The van der Waals surface area contributed by atoms with E-state index in [4.69, 9.17) is 16.3 Å². The average Bonchev–Trinajstić information content (AvgIpc) is 2.18. The number of anilines is 1. The number of aliphatic hydroxyl groups is 1. The number of hydrogen-bond donors (Lipinski definition) is 1. The first-order valence-corrected chi connectivity index (χ1v) is 5.90. The third kappa shape index (κ3) is 3.79. The van der Waals surface area contributed by atoms with Crippen LogP contribution in [0.4, 0.5) is 5.69 Å². The molecule has 1 aromatic rings. The van der Waals surface area contributed by atoms with Crippen LogP contribution in [-0.2, 0) is 0 Å². The lowest BCUT2D eigenvalue weighted by molar-refractivity contribution is 0.0885. The Morgan fingerprint density at radius 2 is 2.00 bits per heavy atom. The van der Waals surface area contributed by atoms with Crippen LogP contribution in [0.15, 0.2) is 12.1 Å². The van der Waals surface area contributed by atoms with Crippen LogP contribution in [0.3, 0.4) is 0 Å². The number of nitrogens with zero attached hydrogens (tertiary/aromatic N) is 1. The van der Waals surface area contributed by atoms with Crippen molar-refractivity contribution in [3.05, 3.63) is 22.7 Å². The first-order valence-electron chi connectivity index (χ1n) is 5.52. The van der Waals surface area contributed by atoms with E-state index in [-0.39, 0.29) is 0 Å². The number of rotatable bonds is 4. The van der Waals surface area contributed by atoms with Crippen molar-refractivity contribution in [1.29, 1.82) is 0 Å². The van der Waals surface area contributed by atoms with Gasteiger partial charge in [-0.15, -0.1) is 0 Å². The molecule has 1 N–H and O–H groups in total. The lowest BCUT2D eigenvalue weighted by Crippen LogP contribution is -2.36. The van der Waals surface area contributed by atoms with Gasteiger partial charge in [-0.05, 0) is 38.5 Å². The Hall–Kier alpha value is -0.930. The summed E-state index contributed by atoms with van der Waals surface area (Å²) < 4.78 is 5.33. The number of aryl methyl sites for hydroxylation is 1. The van der Waals surface area contributed by atoms with Crippen LogP contribution in [0.5, 0.6) is 5.75 Å². The van der Waals surface area contributed by atoms with E-state index >= 15 is 0 Å². The summed E-state index contributed by atoms with van der Waals surface area (Å²) in [5.74, 6) is 0.763. The normalized spacial score (nSPS) is 11.5. The van der Waals surface area contributed by atoms with Gasteiger partial charge in [0.15, 0.2) is 0 Å². The zero-order chi connectivity index (χ0) is 13.2. The van der Waals surface area contributed by atoms with E-state index in [1.807, 2.05) is 31.0 Å². The maximum atomic E-state index is 9.82. The fraction of sp³-hybridized carbons (Fsp3) is 0.538. The molecule has 0 amide bonds. The summed E-state index contributed by atoms with van der Waals surface area (Å²) in [6.45, 7) is 5.98. The van der Waals surface area contributed by atoms with Gasteiger partial charge in [0, 0.05) is 18.6 Å². The van der Waals surface area contributed by atoms with Crippen molar-refractivity contribution in [2.45, 2.75) is 26.4 Å². The lowest BCUT2D eigenvalue weighted by Gasteiger charge is -2.28. The summed E-state index contributed by atoms with van der Waals surface area (Å²) in [6, 6.07) is 3.76. The van der Waals surface area contributed by atoms with Crippen LogP contribution < -0.4 is 9.64 Å². The Balaban J connectivity index is 3.08. The van der Waals surface area contributed by atoms with Gasteiger partial charge in [0.05, 0.1) is 18.4 Å². The quantitative estimate of drug-likeness (QED) is 0.900. The highest BCUT2D eigenvalue weighted by atomic mass is 35.5. The fourth-order valence-electron chi connectivity index (χ4n) is 1.77. The van der Waals surface area contributed by atoms with Crippen LogP contribution in [0.25, 0.3) is 0 Å². The molecule has 0 fully saturated rings. The molecule has 0 aromatic heterocycles. The Morgan fingerprint density at radius 1 is 1.41 bits per heavy atom. The van der Waals surface area contributed by atoms with Gasteiger partial charge in [-0.3, -0.25) is 0 Å². The molecule has 0 saturated carbocycles. The van der Waals surface area contributed by atoms with Crippen molar-refractivity contribution in [3.63, 3.8) is 0 Å². The predicted octanol–water partition coefficient (Wildman–Crippen LogP) is 2.86. The molecule has 1 rings (SSSR count). The van der Waals surface area contributed by atoms with Crippen LogP contribution in [-0.4, -0.2) is 31.4 Å². The van der Waals surface area contributed by atoms with Crippen LogP contribution in [0.1, 0.15) is 19.4 Å². The summed E-state index contributed by atoms with van der Waals surface area (Å²) in [7, 11) is 3.53. The van der Waals surface area contributed by atoms with Crippen molar-refractivity contribution in [2.24, 2.45) is 0 Å². The molecule has 4 heteroatoms. The molecule has 1 aromatic carbocycles. The van der Waals surface area contributed by atoms with Crippen molar-refractivity contribution in [2.75, 3.05) is 25.6 Å². The minimum atomic E-state index is -0.767. The second-order valence-corrected chi connectivity index (χ2v) is 5.35. The second-order valence-electron chi connectivity index (χ2n) is 4.94. The minimum absolute atomic E-state index is 0.503. The minimum Gasteiger partial charge on any atom is -0.495 e. The smallest absolute Gasteiger partial charge is 0.142 e. The van der Waals surface area contributed by atoms with E-state index in [0.29, 0.717) is 11.6 Å². The standard InChI is InChI=1S/C13H20ClNO2/c1-9-6-12(17-5)11(7-10(9)14)15(4)8-13(2,3)16/h6-7,16H,8H2,1-5H3. The molecule has 0 aliphatic heterocycles. The topological polar surface area (TPSA) is 32.7 Å². The van der Waals surface area contributed by atoms with E-state index < -0.39 is 5.60 Å². The molecule has 0 spiro atoms.